The Bertz CT molecular complexity index is 574. The van der Waals surface area contributed by atoms with Crippen molar-refractivity contribution >= 4 is 5.91 Å². The van der Waals surface area contributed by atoms with E-state index in [2.05, 4.69) is 4.98 Å². The van der Waals surface area contributed by atoms with Gasteiger partial charge in [-0.25, -0.2) is 0 Å². The highest BCUT2D eigenvalue weighted by molar-refractivity contribution is 5.88. The van der Waals surface area contributed by atoms with Crippen molar-refractivity contribution < 1.29 is 9.53 Å². The third-order valence-electron chi connectivity index (χ3n) is 4.09. The lowest BCUT2D eigenvalue weighted by Gasteiger charge is -2.18. The van der Waals surface area contributed by atoms with Crippen molar-refractivity contribution in [1.29, 1.82) is 0 Å². The van der Waals surface area contributed by atoms with Gasteiger partial charge in [-0.15, -0.1) is 0 Å². The molecule has 0 bridgehead atoms. The average molecular weight is 288 g/mol. The van der Waals surface area contributed by atoms with E-state index in [0.29, 0.717) is 12.5 Å². The number of likely N-dealkylation sites (N-methyl/N-ethyl adjacent to an activating group) is 1. The van der Waals surface area contributed by atoms with Crippen LogP contribution in [0.5, 0.6) is 5.75 Å². The first kappa shape index (κ1) is 15.5. The number of amides is 1. The SMILES string of the molecule is COc1c(C)cnc(CN(C)C(=O)/C=C(\C)C2CC2)c1C. The number of nitrogens with zero attached hydrogens (tertiary/aromatic N) is 2. The Balaban J connectivity index is 2.10. The maximum absolute atomic E-state index is 12.2. The lowest BCUT2D eigenvalue weighted by molar-refractivity contribution is -0.125. The minimum Gasteiger partial charge on any atom is -0.496 e. The molecule has 1 aliphatic rings. The maximum atomic E-state index is 12.2. The molecule has 1 aliphatic carbocycles. The van der Waals surface area contributed by atoms with Gasteiger partial charge in [-0.2, -0.15) is 0 Å². The Kier molecular flexibility index (Phi) is 4.66. The van der Waals surface area contributed by atoms with E-state index in [-0.39, 0.29) is 5.91 Å². The number of rotatable bonds is 5. The summed E-state index contributed by atoms with van der Waals surface area (Å²) in [7, 11) is 3.47. The number of ether oxygens (including phenoxy) is 1. The zero-order chi connectivity index (χ0) is 15.6. The zero-order valence-corrected chi connectivity index (χ0v) is 13.6. The van der Waals surface area contributed by atoms with Gasteiger partial charge in [0.2, 0.25) is 5.91 Å². The van der Waals surface area contributed by atoms with Crippen LogP contribution < -0.4 is 4.74 Å². The topological polar surface area (TPSA) is 42.4 Å². The lowest BCUT2D eigenvalue weighted by Crippen LogP contribution is -2.25. The highest BCUT2D eigenvalue weighted by Crippen LogP contribution is 2.36. The van der Waals surface area contributed by atoms with Gasteiger partial charge in [0, 0.05) is 30.4 Å². The first-order valence-corrected chi connectivity index (χ1v) is 7.36. The molecular formula is C17H24N2O2. The molecule has 2 rings (SSSR count). The number of carbonyl (C=O) groups excluding carboxylic acids is 1. The zero-order valence-electron chi connectivity index (χ0n) is 13.6. The normalized spacial score (nSPS) is 15.0. The minimum atomic E-state index is 0.0418. The Morgan fingerprint density at radius 1 is 1.48 bits per heavy atom. The Hall–Kier alpha value is -1.84. The second kappa shape index (κ2) is 6.29. The quantitative estimate of drug-likeness (QED) is 0.782. The molecule has 4 heteroatoms. The van der Waals surface area contributed by atoms with Gasteiger partial charge in [0.05, 0.1) is 19.3 Å². The van der Waals surface area contributed by atoms with Crippen LogP contribution >= 0.6 is 0 Å². The number of aromatic nitrogens is 1. The third-order valence-corrected chi connectivity index (χ3v) is 4.09. The summed E-state index contributed by atoms with van der Waals surface area (Å²) in [5.41, 5.74) is 4.08. The van der Waals surface area contributed by atoms with Crippen LogP contribution in [0.1, 0.15) is 36.6 Å². The summed E-state index contributed by atoms with van der Waals surface area (Å²) < 4.78 is 5.41. The fourth-order valence-electron chi connectivity index (χ4n) is 2.49. The molecule has 0 unspecified atom stereocenters. The number of hydrogen-bond acceptors (Lipinski definition) is 3. The number of carbonyl (C=O) groups is 1. The molecule has 114 valence electrons. The third kappa shape index (κ3) is 3.63. The molecule has 0 spiro atoms. The number of pyridine rings is 1. The second-order valence-electron chi connectivity index (χ2n) is 5.90. The molecule has 1 aromatic heterocycles. The van der Waals surface area contributed by atoms with Crippen LogP contribution in [0.15, 0.2) is 17.8 Å². The van der Waals surface area contributed by atoms with Gasteiger partial charge >= 0.3 is 0 Å². The molecule has 0 N–H and O–H groups in total. The van der Waals surface area contributed by atoms with E-state index in [1.54, 1.807) is 24.3 Å². The van der Waals surface area contributed by atoms with Crippen LogP contribution in [0.4, 0.5) is 0 Å². The van der Waals surface area contributed by atoms with E-state index in [9.17, 15) is 4.79 Å². The molecule has 1 heterocycles. The molecule has 0 radical (unpaired) electrons. The highest BCUT2D eigenvalue weighted by Gasteiger charge is 2.24. The van der Waals surface area contributed by atoms with Crippen molar-refractivity contribution in [2.45, 2.75) is 40.2 Å². The standard InChI is InChI=1S/C17H24N2O2/c1-11(14-6-7-14)8-16(20)19(4)10-15-13(3)17(21-5)12(2)9-18-15/h8-9,14H,6-7,10H2,1-5H3/b11-8+. The van der Waals surface area contributed by atoms with Gasteiger partial charge in [-0.1, -0.05) is 5.57 Å². The summed E-state index contributed by atoms with van der Waals surface area (Å²) in [6, 6.07) is 0. The average Bonchev–Trinajstić information content (AvgIpc) is 3.26. The molecule has 0 saturated heterocycles. The van der Waals surface area contributed by atoms with E-state index >= 15 is 0 Å². The Morgan fingerprint density at radius 2 is 2.14 bits per heavy atom. The molecule has 0 aromatic carbocycles. The van der Waals surface area contributed by atoms with Crippen LogP contribution in [-0.2, 0) is 11.3 Å². The maximum Gasteiger partial charge on any atom is 0.246 e. The van der Waals surface area contributed by atoms with E-state index in [1.807, 2.05) is 27.8 Å². The van der Waals surface area contributed by atoms with Crippen molar-refractivity contribution in [3.8, 4) is 5.75 Å². The van der Waals surface area contributed by atoms with E-state index < -0.39 is 0 Å². The molecular weight excluding hydrogens is 264 g/mol. The number of allylic oxidation sites excluding steroid dienone is 1. The molecule has 0 aliphatic heterocycles. The van der Waals surface area contributed by atoms with Crippen LogP contribution in [0.2, 0.25) is 0 Å². The summed E-state index contributed by atoms with van der Waals surface area (Å²) in [6.45, 7) is 6.49. The summed E-state index contributed by atoms with van der Waals surface area (Å²) in [5.74, 6) is 1.52. The first-order valence-electron chi connectivity index (χ1n) is 7.36. The molecule has 1 aromatic rings. The number of aryl methyl sites for hydroxylation is 1. The predicted molar refractivity (Wildman–Crippen MR) is 83.2 cm³/mol. The summed E-state index contributed by atoms with van der Waals surface area (Å²) in [5, 5.41) is 0. The van der Waals surface area contributed by atoms with Gasteiger partial charge in [-0.3, -0.25) is 9.78 Å². The van der Waals surface area contributed by atoms with E-state index in [0.717, 1.165) is 22.6 Å². The minimum absolute atomic E-state index is 0.0418. The van der Waals surface area contributed by atoms with E-state index in [1.165, 1.54) is 18.4 Å². The van der Waals surface area contributed by atoms with Gasteiger partial charge in [0.25, 0.3) is 0 Å². The summed E-state index contributed by atoms with van der Waals surface area (Å²) in [6.07, 6.45) is 5.99. The van der Waals surface area contributed by atoms with Gasteiger partial charge in [-0.05, 0) is 39.5 Å². The lowest BCUT2D eigenvalue weighted by atomic mass is 10.1. The summed E-state index contributed by atoms with van der Waals surface area (Å²) >= 11 is 0. The van der Waals surface area contributed by atoms with Gasteiger partial charge in [0.15, 0.2) is 0 Å². The Labute approximate surface area is 126 Å². The van der Waals surface area contributed by atoms with Crippen LogP contribution in [-0.4, -0.2) is 29.9 Å². The van der Waals surface area contributed by atoms with Crippen LogP contribution in [0.25, 0.3) is 0 Å². The van der Waals surface area contributed by atoms with Gasteiger partial charge in [0.1, 0.15) is 5.75 Å². The molecule has 1 amide bonds. The number of hydrogen-bond donors (Lipinski definition) is 0. The fourth-order valence-corrected chi connectivity index (χ4v) is 2.49. The number of methoxy groups -OCH3 is 1. The molecule has 0 atom stereocenters. The molecule has 1 fully saturated rings. The molecule has 4 nitrogen and oxygen atoms in total. The predicted octanol–water partition coefficient (Wildman–Crippen LogP) is 3.02. The Morgan fingerprint density at radius 3 is 2.71 bits per heavy atom. The van der Waals surface area contributed by atoms with Crippen molar-refractivity contribution in [1.82, 2.24) is 9.88 Å². The fraction of sp³-hybridized carbons (Fsp3) is 0.529. The second-order valence-corrected chi connectivity index (χ2v) is 5.90. The van der Waals surface area contributed by atoms with Crippen LogP contribution in [0.3, 0.4) is 0 Å². The molecule has 1 saturated carbocycles. The molecule has 21 heavy (non-hydrogen) atoms. The smallest absolute Gasteiger partial charge is 0.246 e. The van der Waals surface area contributed by atoms with Gasteiger partial charge < -0.3 is 9.64 Å². The van der Waals surface area contributed by atoms with Crippen molar-refractivity contribution in [3.05, 3.63) is 34.7 Å². The highest BCUT2D eigenvalue weighted by atomic mass is 16.5. The van der Waals surface area contributed by atoms with Crippen molar-refractivity contribution in [2.75, 3.05) is 14.2 Å². The van der Waals surface area contributed by atoms with Crippen molar-refractivity contribution in [3.63, 3.8) is 0 Å². The summed E-state index contributed by atoms with van der Waals surface area (Å²) in [4.78, 5) is 18.4. The van der Waals surface area contributed by atoms with E-state index in [4.69, 9.17) is 4.74 Å². The van der Waals surface area contributed by atoms with Crippen molar-refractivity contribution in [2.24, 2.45) is 5.92 Å². The largest absolute Gasteiger partial charge is 0.496 e. The first-order chi connectivity index (χ1) is 9.93. The van der Waals surface area contributed by atoms with Crippen LogP contribution in [0, 0.1) is 19.8 Å². The monoisotopic (exact) mass is 288 g/mol.